The summed E-state index contributed by atoms with van der Waals surface area (Å²) >= 11 is 0. The number of rotatable bonds is 5. The van der Waals surface area contributed by atoms with E-state index in [1.807, 2.05) is 42.5 Å². The van der Waals surface area contributed by atoms with Crippen molar-refractivity contribution >= 4 is 0 Å². The minimum absolute atomic E-state index is 0.214. The van der Waals surface area contributed by atoms with E-state index in [0.29, 0.717) is 23.8 Å². The molecular formula is C21H16FN3O. The molecule has 0 saturated carbocycles. The van der Waals surface area contributed by atoms with Gasteiger partial charge < -0.3 is 4.42 Å². The van der Waals surface area contributed by atoms with Gasteiger partial charge in [0.05, 0.1) is 5.56 Å². The molecule has 0 fully saturated rings. The molecule has 0 aliphatic heterocycles. The summed E-state index contributed by atoms with van der Waals surface area (Å²) in [6.07, 6.45) is 4.81. The number of aromatic nitrogens is 3. The van der Waals surface area contributed by atoms with E-state index in [9.17, 15) is 4.39 Å². The maximum Gasteiger partial charge on any atom is 0.249 e. The Bertz CT molecular complexity index is 997. The predicted molar refractivity (Wildman–Crippen MR) is 96.8 cm³/mol. The van der Waals surface area contributed by atoms with E-state index >= 15 is 0 Å². The lowest BCUT2D eigenvalue weighted by molar-refractivity contribution is 0.504. The lowest BCUT2D eigenvalue weighted by Crippen LogP contribution is -1.92. The first-order chi connectivity index (χ1) is 12.8. The minimum atomic E-state index is -0.214. The van der Waals surface area contributed by atoms with Crippen LogP contribution in [0.5, 0.6) is 0 Å². The molecule has 0 bridgehead atoms. The van der Waals surface area contributed by atoms with E-state index in [1.165, 1.54) is 6.07 Å². The summed E-state index contributed by atoms with van der Waals surface area (Å²) in [5.41, 5.74) is 3.41. The Kier molecular flexibility index (Phi) is 4.51. The average molecular weight is 345 g/mol. The van der Waals surface area contributed by atoms with Gasteiger partial charge in [0.1, 0.15) is 5.82 Å². The summed E-state index contributed by atoms with van der Waals surface area (Å²) in [5.74, 6) is 0.846. The quantitative estimate of drug-likeness (QED) is 0.525. The van der Waals surface area contributed by atoms with Gasteiger partial charge in [-0.15, -0.1) is 10.2 Å². The molecule has 4 rings (SSSR count). The normalized spacial score (nSPS) is 10.8. The number of pyridine rings is 1. The maximum absolute atomic E-state index is 13.9. The molecule has 2 aromatic heterocycles. The van der Waals surface area contributed by atoms with Crippen molar-refractivity contribution in [2.24, 2.45) is 0 Å². The van der Waals surface area contributed by atoms with Gasteiger partial charge in [0.25, 0.3) is 0 Å². The van der Waals surface area contributed by atoms with Crippen LogP contribution in [0.15, 0.2) is 77.5 Å². The zero-order chi connectivity index (χ0) is 17.8. The highest BCUT2D eigenvalue weighted by molar-refractivity contribution is 5.64. The van der Waals surface area contributed by atoms with Crippen molar-refractivity contribution in [3.05, 3.63) is 90.3 Å². The molecule has 0 saturated heterocycles. The Morgan fingerprint density at radius 1 is 0.808 bits per heavy atom. The lowest BCUT2D eigenvalue weighted by atomic mass is 10.0. The van der Waals surface area contributed by atoms with Gasteiger partial charge in [0.15, 0.2) is 0 Å². The van der Waals surface area contributed by atoms with Crippen LogP contribution in [0.1, 0.15) is 11.5 Å². The van der Waals surface area contributed by atoms with Gasteiger partial charge in [-0.05, 0) is 35.7 Å². The van der Waals surface area contributed by atoms with Gasteiger partial charge in [-0.25, -0.2) is 4.39 Å². The van der Waals surface area contributed by atoms with E-state index < -0.39 is 0 Å². The van der Waals surface area contributed by atoms with Gasteiger partial charge in [0.2, 0.25) is 11.8 Å². The number of nitrogens with zero attached hydrogens (tertiary/aromatic N) is 3. The van der Waals surface area contributed by atoms with Crippen LogP contribution in [-0.2, 0) is 12.8 Å². The van der Waals surface area contributed by atoms with Gasteiger partial charge >= 0.3 is 0 Å². The molecule has 26 heavy (non-hydrogen) atoms. The van der Waals surface area contributed by atoms with Crippen molar-refractivity contribution in [1.82, 2.24) is 15.2 Å². The summed E-state index contributed by atoms with van der Waals surface area (Å²) in [4.78, 5) is 4.05. The van der Waals surface area contributed by atoms with Crippen LogP contribution < -0.4 is 0 Å². The van der Waals surface area contributed by atoms with Crippen LogP contribution in [0.4, 0.5) is 4.39 Å². The van der Waals surface area contributed by atoms with E-state index in [4.69, 9.17) is 4.42 Å². The third kappa shape index (κ3) is 3.52. The van der Waals surface area contributed by atoms with Gasteiger partial charge in [-0.3, -0.25) is 4.98 Å². The van der Waals surface area contributed by atoms with Gasteiger partial charge in [-0.1, -0.05) is 42.5 Å². The third-order valence-electron chi connectivity index (χ3n) is 4.14. The van der Waals surface area contributed by atoms with Crippen molar-refractivity contribution < 1.29 is 8.81 Å². The van der Waals surface area contributed by atoms with Crippen molar-refractivity contribution in [3.8, 4) is 22.6 Å². The second-order valence-corrected chi connectivity index (χ2v) is 5.92. The van der Waals surface area contributed by atoms with Crippen LogP contribution in [0.25, 0.3) is 22.6 Å². The lowest BCUT2D eigenvalue weighted by Gasteiger charge is -2.05. The summed E-state index contributed by atoms with van der Waals surface area (Å²) in [6.45, 7) is 0. The summed E-state index contributed by atoms with van der Waals surface area (Å²) in [6, 6.07) is 18.4. The summed E-state index contributed by atoms with van der Waals surface area (Å²) < 4.78 is 19.5. The first-order valence-corrected chi connectivity index (χ1v) is 8.36. The molecular weight excluding hydrogens is 329 g/mol. The fraction of sp³-hybridized carbons (Fsp3) is 0.0952. The summed E-state index contributed by atoms with van der Waals surface area (Å²) in [5, 5.41) is 8.15. The van der Waals surface area contributed by atoms with Crippen molar-refractivity contribution in [3.63, 3.8) is 0 Å². The second kappa shape index (κ2) is 7.27. The van der Waals surface area contributed by atoms with Crippen molar-refractivity contribution in [2.45, 2.75) is 12.8 Å². The van der Waals surface area contributed by atoms with Crippen LogP contribution in [0, 0.1) is 5.82 Å². The van der Waals surface area contributed by atoms with Crippen molar-refractivity contribution in [1.29, 1.82) is 0 Å². The van der Waals surface area contributed by atoms with Crippen LogP contribution in [0.3, 0.4) is 0 Å². The number of halogens is 1. The molecule has 0 N–H and O–H groups in total. The van der Waals surface area contributed by atoms with Gasteiger partial charge in [0, 0.05) is 24.4 Å². The summed E-state index contributed by atoms with van der Waals surface area (Å²) in [7, 11) is 0. The molecule has 128 valence electrons. The molecule has 0 spiro atoms. The minimum Gasteiger partial charge on any atom is -0.421 e. The largest absolute Gasteiger partial charge is 0.421 e. The molecule has 0 atom stereocenters. The monoisotopic (exact) mass is 345 g/mol. The van der Waals surface area contributed by atoms with E-state index in [1.54, 1.807) is 24.5 Å². The standard InChI is InChI=1S/C21H16FN3O/c22-19-6-2-1-5-18(19)16-10-7-15(8-11-16)9-12-20-24-25-21(26-20)17-4-3-13-23-14-17/h1-8,10-11,13-14H,9,12H2. The number of aryl methyl sites for hydroxylation is 2. The van der Waals surface area contributed by atoms with Crippen LogP contribution in [0.2, 0.25) is 0 Å². The molecule has 4 nitrogen and oxygen atoms in total. The highest BCUT2D eigenvalue weighted by Crippen LogP contribution is 2.23. The first-order valence-electron chi connectivity index (χ1n) is 8.36. The molecule has 4 aromatic rings. The van der Waals surface area contributed by atoms with Crippen molar-refractivity contribution in [2.75, 3.05) is 0 Å². The number of benzene rings is 2. The fourth-order valence-electron chi connectivity index (χ4n) is 2.76. The maximum atomic E-state index is 13.9. The molecule has 0 amide bonds. The van der Waals surface area contributed by atoms with E-state index in [0.717, 1.165) is 23.1 Å². The van der Waals surface area contributed by atoms with Crippen LogP contribution in [-0.4, -0.2) is 15.2 Å². The smallest absolute Gasteiger partial charge is 0.249 e. The third-order valence-corrected chi connectivity index (χ3v) is 4.14. The molecule has 0 aliphatic carbocycles. The fourth-order valence-corrected chi connectivity index (χ4v) is 2.76. The Balaban J connectivity index is 1.43. The number of hydrogen-bond donors (Lipinski definition) is 0. The Labute approximate surface area is 150 Å². The molecule has 2 heterocycles. The highest BCUT2D eigenvalue weighted by Gasteiger charge is 2.09. The first kappa shape index (κ1) is 16.1. The molecule has 5 heteroatoms. The van der Waals surface area contributed by atoms with E-state index in [2.05, 4.69) is 15.2 Å². The molecule has 0 unspecified atom stereocenters. The number of hydrogen-bond acceptors (Lipinski definition) is 4. The Hall–Kier alpha value is -3.34. The molecule has 2 aromatic carbocycles. The Morgan fingerprint density at radius 3 is 2.42 bits per heavy atom. The molecule has 0 aliphatic rings. The van der Waals surface area contributed by atoms with Crippen LogP contribution >= 0.6 is 0 Å². The zero-order valence-electron chi connectivity index (χ0n) is 14.0. The Morgan fingerprint density at radius 2 is 1.65 bits per heavy atom. The SMILES string of the molecule is Fc1ccccc1-c1ccc(CCc2nnc(-c3cccnc3)o2)cc1. The van der Waals surface area contributed by atoms with Gasteiger partial charge in [-0.2, -0.15) is 0 Å². The highest BCUT2D eigenvalue weighted by atomic mass is 19.1. The predicted octanol–water partition coefficient (Wildman–Crippen LogP) is 4.72. The average Bonchev–Trinajstić information content (AvgIpc) is 3.17. The zero-order valence-corrected chi connectivity index (χ0v) is 14.0. The van der Waals surface area contributed by atoms with E-state index in [-0.39, 0.29) is 5.82 Å². The molecule has 0 radical (unpaired) electrons. The topological polar surface area (TPSA) is 51.8 Å². The second-order valence-electron chi connectivity index (χ2n) is 5.92.